The molecule has 1 amide bonds. The summed E-state index contributed by atoms with van der Waals surface area (Å²) >= 11 is 2.18. The molecule has 35 heavy (non-hydrogen) atoms. The highest BCUT2D eigenvalue weighted by atomic mass is 127. The summed E-state index contributed by atoms with van der Waals surface area (Å²) in [6.45, 7) is 0.0650. The molecule has 0 radical (unpaired) electrons. The van der Waals surface area contributed by atoms with Gasteiger partial charge in [0.2, 0.25) is 15.7 Å². The molecule has 0 aromatic heterocycles. The third-order valence-corrected chi connectivity index (χ3v) is 6.48. The van der Waals surface area contributed by atoms with Gasteiger partial charge < -0.3 is 20.5 Å². The number of sulfonamides is 1. The molecule has 0 spiro atoms. The van der Waals surface area contributed by atoms with Crippen molar-refractivity contribution in [3.63, 3.8) is 0 Å². The van der Waals surface area contributed by atoms with Gasteiger partial charge in [0, 0.05) is 22.7 Å². The molecule has 0 saturated carbocycles. The third kappa shape index (κ3) is 8.17. The Morgan fingerprint density at radius 1 is 1.23 bits per heavy atom. The molecule has 13 heteroatoms. The highest BCUT2D eigenvalue weighted by Gasteiger charge is 2.45. The van der Waals surface area contributed by atoms with E-state index < -0.39 is 52.0 Å². The monoisotopic (exact) mass is 622 g/mol. The van der Waals surface area contributed by atoms with Gasteiger partial charge in [0.05, 0.1) is 18.4 Å². The van der Waals surface area contributed by atoms with Gasteiger partial charge in [-0.2, -0.15) is 4.72 Å². The van der Waals surface area contributed by atoms with Crippen LogP contribution in [0.25, 0.3) is 0 Å². The molecular formula is C22H25F2IN4O5S. The first-order valence-electron chi connectivity index (χ1n) is 10.5. The molecule has 1 heterocycles. The molecule has 0 aliphatic carbocycles. The van der Waals surface area contributed by atoms with Crippen LogP contribution in [0, 0.1) is 15.2 Å². The maximum atomic E-state index is 13.7. The number of carbonyl (C=O) groups is 1. The molecule has 3 atom stereocenters. The van der Waals surface area contributed by atoms with Crippen molar-refractivity contribution in [1.82, 2.24) is 15.4 Å². The Bertz CT molecular complexity index is 1180. The number of aliphatic imine (C=N–C) groups is 1. The largest absolute Gasteiger partial charge is 0.479 e. The fourth-order valence-electron chi connectivity index (χ4n) is 3.56. The summed E-state index contributed by atoms with van der Waals surface area (Å²) in [7, 11) is -3.86. The average molecular weight is 622 g/mol. The van der Waals surface area contributed by atoms with Crippen LogP contribution in [0.2, 0.25) is 0 Å². The first-order valence-corrected chi connectivity index (χ1v) is 13.5. The SMILES string of the molecule is CS(=O)(=O)NC1(C(=O)N[C@@H](Cc2cc(F)cc(F)c2)[C@H](O)CNCc2cccc(I)c2)COC=N1. The molecule has 2 aromatic carbocycles. The molecule has 1 aliphatic rings. The van der Waals surface area contributed by atoms with Crippen LogP contribution >= 0.6 is 22.6 Å². The normalized spacial score (nSPS) is 19.2. The van der Waals surface area contributed by atoms with Gasteiger partial charge in [0.25, 0.3) is 5.91 Å². The number of nitrogens with one attached hydrogen (secondary N) is 3. The lowest BCUT2D eigenvalue weighted by atomic mass is 9.99. The van der Waals surface area contributed by atoms with E-state index in [1.165, 1.54) is 0 Å². The van der Waals surface area contributed by atoms with Gasteiger partial charge in [-0.25, -0.2) is 22.2 Å². The van der Waals surface area contributed by atoms with E-state index in [-0.39, 0.29) is 18.5 Å². The van der Waals surface area contributed by atoms with Crippen LogP contribution in [-0.4, -0.2) is 63.0 Å². The van der Waals surface area contributed by atoms with Gasteiger partial charge >= 0.3 is 0 Å². The van der Waals surface area contributed by atoms with Crippen LogP contribution < -0.4 is 15.4 Å². The minimum Gasteiger partial charge on any atom is -0.479 e. The summed E-state index contributed by atoms with van der Waals surface area (Å²) in [4.78, 5) is 16.9. The van der Waals surface area contributed by atoms with Gasteiger partial charge in [0.15, 0.2) is 6.40 Å². The second kappa shape index (κ2) is 11.7. The molecule has 2 aromatic rings. The number of hydrogen-bond acceptors (Lipinski definition) is 7. The summed E-state index contributed by atoms with van der Waals surface area (Å²) in [5, 5.41) is 16.5. The van der Waals surface area contributed by atoms with Crippen molar-refractivity contribution in [2.75, 3.05) is 19.4 Å². The maximum Gasteiger partial charge on any atom is 0.267 e. The summed E-state index contributed by atoms with van der Waals surface area (Å²) in [5.41, 5.74) is -0.793. The van der Waals surface area contributed by atoms with E-state index in [4.69, 9.17) is 4.74 Å². The van der Waals surface area contributed by atoms with E-state index in [1.807, 2.05) is 24.3 Å². The van der Waals surface area contributed by atoms with Crippen LogP contribution in [0.15, 0.2) is 47.5 Å². The summed E-state index contributed by atoms with van der Waals surface area (Å²) in [6, 6.07) is 9.58. The standard InChI is InChI=1S/C22H25F2IN4O5S/c1-35(32,33)29-22(12-34-13-27-22)21(31)28-19(8-15-5-16(23)9-17(24)6-15)20(30)11-26-10-14-3-2-4-18(25)7-14/h2-7,9,13,19-20,26,29-30H,8,10-12H2,1H3,(H,28,31)/t19-,20+,22?/m0/s1. The second-order valence-electron chi connectivity index (χ2n) is 8.17. The van der Waals surface area contributed by atoms with Crippen molar-refractivity contribution in [2.45, 2.75) is 30.8 Å². The van der Waals surface area contributed by atoms with E-state index in [0.717, 1.165) is 33.9 Å². The van der Waals surface area contributed by atoms with E-state index in [9.17, 15) is 27.1 Å². The number of halogens is 3. The number of aliphatic hydroxyl groups is 1. The fourth-order valence-corrected chi connectivity index (χ4v) is 4.99. The van der Waals surface area contributed by atoms with Crippen molar-refractivity contribution < 1.29 is 31.8 Å². The van der Waals surface area contributed by atoms with E-state index >= 15 is 0 Å². The van der Waals surface area contributed by atoms with Crippen molar-refractivity contribution in [2.24, 2.45) is 4.99 Å². The lowest BCUT2D eigenvalue weighted by Gasteiger charge is -2.29. The van der Waals surface area contributed by atoms with Gasteiger partial charge in [-0.1, -0.05) is 12.1 Å². The molecule has 1 unspecified atom stereocenters. The number of nitrogens with zero attached hydrogens (tertiary/aromatic N) is 1. The lowest BCUT2D eigenvalue weighted by molar-refractivity contribution is -0.128. The summed E-state index contributed by atoms with van der Waals surface area (Å²) in [6.07, 6.45) is 0.487. The van der Waals surface area contributed by atoms with Gasteiger partial charge in [-0.15, -0.1) is 0 Å². The predicted molar refractivity (Wildman–Crippen MR) is 134 cm³/mol. The molecule has 4 N–H and O–H groups in total. The quantitative estimate of drug-likeness (QED) is 0.278. The average Bonchev–Trinajstić information content (AvgIpc) is 3.20. The third-order valence-electron chi connectivity index (χ3n) is 5.10. The van der Waals surface area contributed by atoms with Crippen molar-refractivity contribution in [3.05, 3.63) is 68.8 Å². The molecule has 9 nitrogen and oxygen atoms in total. The van der Waals surface area contributed by atoms with Gasteiger partial charge in [0.1, 0.15) is 18.2 Å². The molecule has 0 bridgehead atoms. The topological polar surface area (TPSA) is 129 Å². The van der Waals surface area contributed by atoms with Gasteiger partial charge in [-0.3, -0.25) is 4.79 Å². The molecule has 1 aliphatic heterocycles. The predicted octanol–water partition coefficient (Wildman–Crippen LogP) is 1.05. The van der Waals surface area contributed by atoms with Crippen LogP contribution in [0.5, 0.6) is 0 Å². The fraction of sp³-hybridized carbons (Fsp3) is 0.364. The summed E-state index contributed by atoms with van der Waals surface area (Å²) in [5.74, 6) is -2.49. The number of rotatable bonds is 11. The highest BCUT2D eigenvalue weighted by molar-refractivity contribution is 14.1. The Labute approximate surface area is 215 Å². The number of carbonyl (C=O) groups excluding carboxylic acids is 1. The van der Waals surface area contributed by atoms with Crippen LogP contribution in [0.1, 0.15) is 11.1 Å². The van der Waals surface area contributed by atoms with E-state index in [1.54, 1.807) is 0 Å². The van der Waals surface area contributed by atoms with Crippen LogP contribution in [-0.2, 0) is 32.5 Å². The minimum atomic E-state index is -3.86. The van der Waals surface area contributed by atoms with Crippen LogP contribution in [0.3, 0.4) is 0 Å². The molecular weight excluding hydrogens is 597 g/mol. The van der Waals surface area contributed by atoms with E-state index in [2.05, 4.69) is 42.9 Å². The Hall–Kier alpha value is -2.20. The van der Waals surface area contributed by atoms with Crippen molar-refractivity contribution in [1.29, 1.82) is 0 Å². The minimum absolute atomic E-state index is 0.0283. The number of amides is 1. The molecule has 3 rings (SSSR count). The first kappa shape index (κ1) is 27.4. The zero-order valence-corrected chi connectivity index (χ0v) is 21.6. The highest BCUT2D eigenvalue weighted by Crippen LogP contribution is 2.17. The Balaban J connectivity index is 1.77. The molecule has 0 saturated heterocycles. The Morgan fingerprint density at radius 2 is 1.94 bits per heavy atom. The maximum absolute atomic E-state index is 13.7. The molecule has 190 valence electrons. The van der Waals surface area contributed by atoms with E-state index in [0.29, 0.717) is 12.6 Å². The number of ether oxygens (including phenoxy) is 1. The first-order chi connectivity index (χ1) is 16.5. The Kier molecular flexibility index (Phi) is 9.15. The second-order valence-corrected chi connectivity index (χ2v) is 11.2. The smallest absolute Gasteiger partial charge is 0.267 e. The molecule has 0 fully saturated rings. The zero-order chi connectivity index (χ0) is 25.6. The number of aliphatic hydroxyl groups excluding tert-OH is 1. The Morgan fingerprint density at radius 3 is 2.54 bits per heavy atom. The zero-order valence-electron chi connectivity index (χ0n) is 18.7. The van der Waals surface area contributed by atoms with Gasteiger partial charge in [-0.05, 0) is 64.4 Å². The number of benzene rings is 2. The van der Waals surface area contributed by atoms with Crippen LogP contribution in [0.4, 0.5) is 8.78 Å². The van der Waals surface area contributed by atoms with Crippen molar-refractivity contribution >= 4 is 44.9 Å². The summed E-state index contributed by atoms with van der Waals surface area (Å²) < 4.78 is 59.3. The lowest BCUT2D eigenvalue weighted by Crippen LogP contribution is -2.62. The number of hydrogen-bond donors (Lipinski definition) is 4. The van der Waals surface area contributed by atoms with Crippen molar-refractivity contribution in [3.8, 4) is 0 Å².